The molecule has 0 bridgehead atoms. The van der Waals surface area contributed by atoms with E-state index in [-0.39, 0.29) is 12.1 Å². The summed E-state index contributed by atoms with van der Waals surface area (Å²) < 4.78 is 18.5. The first-order valence-electron chi connectivity index (χ1n) is 11.3. The highest BCUT2D eigenvalue weighted by Gasteiger charge is 2.32. The summed E-state index contributed by atoms with van der Waals surface area (Å²) in [5.41, 5.74) is 9.26. The van der Waals surface area contributed by atoms with Gasteiger partial charge in [-0.2, -0.15) is 10.4 Å². The van der Waals surface area contributed by atoms with Crippen molar-refractivity contribution < 1.29 is 14.2 Å². The summed E-state index contributed by atoms with van der Waals surface area (Å²) in [6.07, 6.45) is 6.56. The van der Waals surface area contributed by atoms with E-state index < -0.39 is 0 Å². The molecule has 0 aromatic carbocycles. The van der Waals surface area contributed by atoms with Crippen LogP contribution in [0.4, 0.5) is 5.82 Å². The van der Waals surface area contributed by atoms with Gasteiger partial charge in [0, 0.05) is 29.9 Å². The minimum absolute atomic E-state index is 0.175. The Labute approximate surface area is 202 Å². The summed E-state index contributed by atoms with van der Waals surface area (Å²) >= 11 is 0. The minimum atomic E-state index is -0.195. The van der Waals surface area contributed by atoms with Crippen molar-refractivity contribution in [2.24, 2.45) is 5.73 Å². The van der Waals surface area contributed by atoms with Crippen molar-refractivity contribution in [2.75, 3.05) is 31.7 Å². The van der Waals surface area contributed by atoms with Crippen LogP contribution < -0.4 is 24.8 Å². The second-order valence-corrected chi connectivity index (χ2v) is 8.15. The molecule has 1 aliphatic rings. The van der Waals surface area contributed by atoms with E-state index in [2.05, 4.69) is 21.1 Å². The molecule has 10 nitrogen and oxygen atoms in total. The number of nitrogens with two attached hydrogens (primary N) is 1. The molecule has 0 aliphatic carbocycles. The van der Waals surface area contributed by atoms with Crippen LogP contribution in [0.2, 0.25) is 0 Å². The molecule has 5 rings (SSSR count). The number of nitriles is 1. The second kappa shape index (κ2) is 9.48. The van der Waals surface area contributed by atoms with Gasteiger partial charge in [-0.15, -0.1) is 0 Å². The summed E-state index contributed by atoms with van der Waals surface area (Å²) in [4.78, 5) is 11.0. The van der Waals surface area contributed by atoms with Crippen molar-refractivity contribution in [3.05, 3.63) is 60.7 Å². The first-order chi connectivity index (χ1) is 17.1. The van der Waals surface area contributed by atoms with Crippen molar-refractivity contribution in [3.8, 4) is 34.6 Å². The van der Waals surface area contributed by atoms with Crippen molar-refractivity contribution >= 4 is 11.3 Å². The van der Waals surface area contributed by atoms with Gasteiger partial charge in [0.1, 0.15) is 29.5 Å². The predicted octanol–water partition coefficient (Wildman–Crippen LogP) is 2.67. The van der Waals surface area contributed by atoms with Crippen LogP contribution in [-0.2, 0) is 0 Å². The lowest BCUT2D eigenvalue weighted by molar-refractivity contribution is 0.205. The van der Waals surface area contributed by atoms with Crippen molar-refractivity contribution in [2.45, 2.75) is 19.1 Å². The molecule has 10 heteroatoms. The molecule has 4 aromatic rings. The van der Waals surface area contributed by atoms with Crippen molar-refractivity contribution in [1.82, 2.24) is 19.6 Å². The zero-order chi connectivity index (χ0) is 24.4. The fraction of sp³-hybridized carbons (Fsp3) is 0.280. The Kier molecular flexibility index (Phi) is 6.08. The van der Waals surface area contributed by atoms with E-state index in [0.29, 0.717) is 42.6 Å². The molecular formula is C25H25N7O3. The summed E-state index contributed by atoms with van der Waals surface area (Å²) in [5, 5.41) is 13.9. The van der Waals surface area contributed by atoms with Crippen molar-refractivity contribution in [3.63, 3.8) is 0 Å². The fourth-order valence-corrected chi connectivity index (χ4v) is 4.22. The molecular weight excluding hydrogens is 446 g/mol. The molecule has 0 unspecified atom stereocenters. The molecule has 0 saturated carbocycles. The van der Waals surface area contributed by atoms with E-state index in [0.717, 1.165) is 22.5 Å². The quantitative estimate of drug-likeness (QED) is 0.433. The highest BCUT2D eigenvalue weighted by atomic mass is 16.5. The number of methoxy groups -OCH3 is 1. The lowest BCUT2D eigenvalue weighted by Gasteiger charge is -2.18. The Balaban J connectivity index is 1.37. The van der Waals surface area contributed by atoms with Crippen LogP contribution in [0.3, 0.4) is 0 Å². The number of aromatic nitrogens is 4. The average Bonchev–Trinajstić information content (AvgIpc) is 3.47. The van der Waals surface area contributed by atoms with Gasteiger partial charge >= 0.3 is 0 Å². The number of hydrogen-bond donors (Lipinski definition) is 1. The third-order valence-corrected chi connectivity index (χ3v) is 5.92. The van der Waals surface area contributed by atoms with Gasteiger partial charge < -0.3 is 24.8 Å². The Morgan fingerprint density at radius 3 is 2.69 bits per heavy atom. The van der Waals surface area contributed by atoms with Crippen LogP contribution in [-0.4, -0.2) is 58.5 Å². The van der Waals surface area contributed by atoms with Gasteiger partial charge in [0.25, 0.3) is 0 Å². The summed E-state index contributed by atoms with van der Waals surface area (Å²) in [6, 6.07) is 11.5. The molecule has 1 saturated heterocycles. The Hall–Kier alpha value is -4.36. The lowest BCUT2D eigenvalue weighted by Crippen LogP contribution is -2.37. The number of anilines is 1. The number of nitrogens with zero attached hydrogens (tertiary/aromatic N) is 6. The first kappa shape index (κ1) is 22.4. The van der Waals surface area contributed by atoms with Crippen molar-refractivity contribution in [1.29, 1.82) is 5.26 Å². The number of hydrogen-bond acceptors (Lipinski definition) is 9. The molecule has 2 atom stereocenters. The molecule has 4 aromatic heterocycles. The fourth-order valence-electron chi connectivity index (χ4n) is 4.22. The van der Waals surface area contributed by atoms with Gasteiger partial charge in [-0.25, -0.2) is 14.5 Å². The summed E-state index contributed by atoms with van der Waals surface area (Å²) in [6.45, 7) is 3.67. The third-order valence-electron chi connectivity index (χ3n) is 5.92. The van der Waals surface area contributed by atoms with Gasteiger partial charge in [0.05, 0.1) is 56.0 Å². The van der Waals surface area contributed by atoms with Gasteiger partial charge in [-0.1, -0.05) is 0 Å². The van der Waals surface area contributed by atoms with Crippen LogP contribution in [0.5, 0.6) is 17.4 Å². The van der Waals surface area contributed by atoms with Crippen LogP contribution >= 0.6 is 0 Å². The Morgan fingerprint density at radius 1 is 1.11 bits per heavy atom. The molecule has 0 radical (unpaired) electrons. The first-order valence-corrected chi connectivity index (χ1v) is 11.3. The van der Waals surface area contributed by atoms with Gasteiger partial charge in [-0.05, 0) is 31.2 Å². The topological polar surface area (TPSA) is 124 Å². The molecule has 1 fully saturated rings. The molecule has 178 valence electrons. The molecule has 2 N–H and O–H groups in total. The summed E-state index contributed by atoms with van der Waals surface area (Å²) in [7, 11) is 1.57. The van der Waals surface area contributed by atoms with Crippen LogP contribution in [0.1, 0.15) is 12.5 Å². The average molecular weight is 472 g/mol. The van der Waals surface area contributed by atoms with Crippen LogP contribution in [0, 0.1) is 11.3 Å². The van der Waals surface area contributed by atoms with E-state index >= 15 is 0 Å². The van der Waals surface area contributed by atoms with E-state index in [1.165, 1.54) is 0 Å². The molecule has 1 aliphatic heterocycles. The number of pyridine rings is 3. The zero-order valence-electron chi connectivity index (χ0n) is 19.5. The smallest absolute Gasteiger partial charge is 0.213 e. The number of rotatable bonds is 7. The molecule has 5 heterocycles. The van der Waals surface area contributed by atoms with Gasteiger partial charge in [-0.3, -0.25) is 0 Å². The third kappa shape index (κ3) is 4.41. The molecule has 35 heavy (non-hydrogen) atoms. The van der Waals surface area contributed by atoms with Gasteiger partial charge in [0.2, 0.25) is 5.88 Å². The lowest BCUT2D eigenvalue weighted by atomic mass is 10.1. The number of ether oxygens (including phenoxy) is 3. The second-order valence-electron chi connectivity index (χ2n) is 8.15. The normalized spacial score (nSPS) is 17.4. The van der Waals surface area contributed by atoms with E-state index in [4.69, 9.17) is 24.9 Å². The SMILES string of the molecule is CCOc1cc(-c2ccc(N3C[C@H](Oc4ccc(OC)nc4)[C@@H](N)C3)nc2)c2c(C#N)cnn2c1. The van der Waals surface area contributed by atoms with E-state index in [1.54, 1.807) is 42.5 Å². The maximum Gasteiger partial charge on any atom is 0.213 e. The monoisotopic (exact) mass is 471 g/mol. The zero-order valence-corrected chi connectivity index (χ0v) is 19.5. The molecule has 0 spiro atoms. The van der Waals surface area contributed by atoms with Crippen LogP contribution in [0.15, 0.2) is 55.1 Å². The van der Waals surface area contributed by atoms with E-state index in [1.807, 2.05) is 31.2 Å². The maximum absolute atomic E-state index is 9.55. The van der Waals surface area contributed by atoms with E-state index in [9.17, 15) is 5.26 Å². The molecule has 0 amide bonds. The Morgan fingerprint density at radius 2 is 2.00 bits per heavy atom. The maximum atomic E-state index is 9.55. The number of fused-ring (bicyclic) bond motifs is 1. The van der Waals surface area contributed by atoms with Gasteiger partial charge in [0.15, 0.2) is 0 Å². The highest BCUT2D eigenvalue weighted by Crippen LogP contribution is 2.32. The largest absolute Gasteiger partial charge is 0.492 e. The minimum Gasteiger partial charge on any atom is -0.492 e. The highest BCUT2D eigenvalue weighted by molar-refractivity contribution is 5.85. The predicted molar refractivity (Wildman–Crippen MR) is 130 cm³/mol. The van der Waals surface area contributed by atoms with Crippen LogP contribution in [0.25, 0.3) is 16.6 Å². The standard InChI is InChI=1S/C25H25N7O3/c1-3-34-19-8-20(25-17(9-26)11-30-32(25)13-19)16-4-6-23(28-10-16)31-14-21(27)22(15-31)35-18-5-7-24(33-2)29-12-18/h4-8,10-13,21-22H,3,14-15,27H2,1-2H3/t21-,22-/m0/s1. The summed E-state index contributed by atoms with van der Waals surface area (Å²) in [5.74, 6) is 2.64. The Bertz CT molecular complexity index is 1360.